The molecule has 164 valence electrons. The minimum Gasteiger partial charge on any atom is -0.340 e. The van der Waals surface area contributed by atoms with E-state index in [-0.39, 0.29) is 0 Å². The zero-order valence-electron chi connectivity index (χ0n) is 18.8. The first-order chi connectivity index (χ1) is 16.2. The van der Waals surface area contributed by atoms with E-state index in [4.69, 9.17) is 9.97 Å². The number of pyridine rings is 2. The molecule has 0 saturated carbocycles. The quantitative estimate of drug-likeness (QED) is 0.415. The van der Waals surface area contributed by atoms with E-state index in [1.807, 2.05) is 43.5 Å². The number of aryl methyl sites for hydroxylation is 5. The van der Waals surface area contributed by atoms with Crippen LogP contribution in [0, 0.1) is 6.92 Å². The molecule has 0 atom stereocenters. The summed E-state index contributed by atoms with van der Waals surface area (Å²) in [6.45, 7) is 2.01. The van der Waals surface area contributed by atoms with Crippen LogP contribution in [0.25, 0.3) is 28.3 Å². The Morgan fingerprint density at radius 3 is 2.76 bits per heavy atom. The summed E-state index contributed by atoms with van der Waals surface area (Å²) in [6, 6.07) is 17.1. The molecule has 0 spiro atoms. The first-order valence-electron chi connectivity index (χ1n) is 11.7. The summed E-state index contributed by atoms with van der Waals surface area (Å²) >= 11 is 0. The van der Waals surface area contributed by atoms with Crippen LogP contribution in [0.3, 0.4) is 0 Å². The number of aromatic nitrogens is 6. The maximum atomic E-state index is 5.02. The van der Waals surface area contributed by atoms with E-state index in [1.165, 1.54) is 42.4 Å². The van der Waals surface area contributed by atoms with Crippen molar-refractivity contribution in [1.29, 1.82) is 0 Å². The number of nitrogens with one attached hydrogen (secondary N) is 1. The highest BCUT2D eigenvalue weighted by molar-refractivity contribution is 5.77. The molecular formula is C27H26N6. The number of hydrogen-bond donors (Lipinski definition) is 1. The number of benzene rings is 1. The smallest absolute Gasteiger partial charge is 0.155 e. The predicted octanol–water partition coefficient (Wildman–Crippen LogP) is 5.15. The van der Waals surface area contributed by atoms with E-state index in [1.54, 1.807) is 10.8 Å². The number of imidazole rings is 1. The highest BCUT2D eigenvalue weighted by Gasteiger charge is 2.17. The Hall–Kier alpha value is -3.80. The SMILES string of the molecule is Cc1cccc(-c2[nH]c(CCc3ccc4c(c3)CCCC4)nc2-c2ccc3ncnn3c2)n1. The van der Waals surface area contributed by atoms with Crippen LogP contribution in [0.15, 0.2) is 61.1 Å². The fraction of sp³-hybridized carbons (Fsp3) is 0.259. The van der Waals surface area contributed by atoms with Gasteiger partial charge in [0.2, 0.25) is 0 Å². The van der Waals surface area contributed by atoms with Crippen molar-refractivity contribution in [3.8, 4) is 22.6 Å². The number of rotatable bonds is 5. The van der Waals surface area contributed by atoms with E-state index in [0.29, 0.717) is 0 Å². The minimum absolute atomic E-state index is 0.817. The lowest BCUT2D eigenvalue weighted by molar-refractivity contribution is 0.684. The highest BCUT2D eigenvalue weighted by atomic mass is 15.3. The molecule has 1 N–H and O–H groups in total. The molecule has 0 radical (unpaired) electrons. The second-order valence-corrected chi connectivity index (χ2v) is 8.86. The van der Waals surface area contributed by atoms with E-state index in [0.717, 1.165) is 52.7 Å². The second-order valence-electron chi connectivity index (χ2n) is 8.86. The van der Waals surface area contributed by atoms with Gasteiger partial charge in [-0.1, -0.05) is 24.3 Å². The van der Waals surface area contributed by atoms with Crippen LogP contribution in [0.2, 0.25) is 0 Å². The third-order valence-corrected chi connectivity index (χ3v) is 6.51. The Morgan fingerprint density at radius 1 is 0.939 bits per heavy atom. The molecule has 0 saturated heterocycles. The molecule has 1 aromatic carbocycles. The Morgan fingerprint density at radius 2 is 1.85 bits per heavy atom. The summed E-state index contributed by atoms with van der Waals surface area (Å²) in [7, 11) is 0. The van der Waals surface area contributed by atoms with E-state index in [9.17, 15) is 0 Å². The van der Waals surface area contributed by atoms with Crippen LogP contribution < -0.4 is 0 Å². The second kappa shape index (κ2) is 8.28. The van der Waals surface area contributed by atoms with Crippen LogP contribution in [-0.4, -0.2) is 29.5 Å². The fourth-order valence-corrected chi connectivity index (χ4v) is 4.78. The summed E-state index contributed by atoms with van der Waals surface area (Å²) < 4.78 is 1.78. The number of aromatic amines is 1. The van der Waals surface area contributed by atoms with Crippen molar-refractivity contribution >= 4 is 5.65 Å². The normalized spacial score (nSPS) is 13.4. The third kappa shape index (κ3) is 3.93. The molecule has 0 unspecified atom stereocenters. The molecule has 33 heavy (non-hydrogen) atoms. The Kier molecular flexibility index (Phi) is 4.98. The molecule has 0 aliphatic heterocycles. The van der Waals surface area contributed by atoms with Crippen LogP contribution >= 0.6 is 0 Å². The highest BCUT2D eigenvalue weighted by Crippen LogP contribution is 2.30. The molecule has 1 aliphatic rings. The van der Waals surface area contributed by atoms with Gasteiger partial charge in [0.15, 0.2) is 5.65 Å². The zero-order valence-corrected chi connectivity index (χ0v) is 18.8. The monoisotopic (exact) mass is 434 g/mol. The van der Waals surface area contributed by atoms with Crippen LogP contribution in [0.1, 0.15) is 41.1 Å². The lowest BCUT2D eigenvalue weighted by atomic mass is 9.90. The van der Waals surface area contributed by atoms with Gasteiger partial charge in [-0.2, -0.15) is 5.10 Å². The molecule has 0 fully saturated rings. The summed E-state index contributed by atoms with van der Waals surface area (Å²) in [5, 5.41) is 4.29. The van der Waals surface area contributed by atoms with Crippen molar-refractivity contribution in [2.75, 3.05) is 0 Å². The van der Waals surface area contributed by atoms with Crippen molar-refractivity contribution in [3.05, 3.63) is 89.3 Å². The van der Waals surface area contributed by atoms with Crippen LogP contribution in [-0.2, 0) is 25.7 Å². The van der Waals surface area contributed by atoms with Gasteiger partial charge in [0.25, 0.3) is 0 Å². The summed E-state index contributed by atoms with van der Waals surface area (Å²) in [4.78, 5) is 17.6. The molecule has 6 heteroatoms. The lowest BCUT2D eigenvalue weighted by Gasteiger charge is -2.16. The fourth-order valence-electron chi connectivity index (χ4n) is 4.78. The maximum Gasteiger partial charge on any atom is 0.155 e. The van der Waals surface area contributed by atoms with Gasteiger partial charge in [-0.05, 0) is 80.0 Å². The summed E-state index contributed by atoms with van der Waals surface area (Å²) in [5.74, 6) is 0.972. The molecule has 0 bridgehead atoms. The van der Waals surface area contributed by atoms with Crippen LogP contribution in [0.4, 0.5) is 0 Å². The Balaban J connectivity index is 1.34. The predicted molar refractivity (Wildman–Crippen MR) is 129 cm³/mol. The van der Waals surface area contributed by atoms with E-state index < -0.39 is 0 Å². The van der Waals surface area contributed by atoms with Crippen molar-refractivity contribution in [2.45, 2.75) is 45.4 Å². The van der Waals surface area contributed by atoms with Crippen molar-refractivity contribution in [1.82, 2.24) is 29.5 Å². The number of nitrogens with zero attached hydrogens (tertiary/aromatic N) is 5. The van der Waals surface area contributed by atoms with Gasteiger partial charge < -0.3 is 4.98 Å². The number of hydrogen-bond acceptors (Lipinski definition) is 4. The third-order valence-electron chi connectivity index (χ3n) is 6.51. The Bertz CT molecular complexity index is 1440. The number of H-pyrrole nitrogens is 1. The average Bonchev–Trinajstić information content (AvgIpc) is 3.49. The van der Waals surface area contributed by atoms with Gasteiger partial charge in [0.05, 0.1) is 17.1 Å². The molecule has 1 aliphatic carbocycles. The standard InChI is InChI=1S/C27H26N6/c1-18-5-4-8-23(30-18)27-26(22-12-14-25-28-17-29-33(25)16-22)31-24(32-27)13-10-19-9-11-20-6-2-3-7-21(20)15-19/h4-5,8-9,11-12,14-17H,2-3,6-7,10,13H2,1H3,(H,31,32). The van der Waals surface area contributed by atoms with Crippen molar-refractivity contribution in [3.63, 3.8) is 0 Å². The molecule has 6 nitrogen and oxygen atoms in total. The first-order valence-corrected chi connectivity index (χ1v) is 11.7. The van der Waals surface area contributed by atoms with Gasteiger partial charge in [-0.15, -0.1) is 0 Å². The molecule has 5 aromatic rings. The maximum absolute atomic E-state index is 5.02. The lowest BCUT2D eigenvalue weighted by Crippen LogP contribution is -2.04. The average molecular weight is 435 g/mol. The van der Waals surface area contributed by atoms with Gasteiger partial charge >= 0.3 is 0 Å². The molecular weight excluding hydrogens is 408 g/mol. The topological polar surface area (TPSA) is 71.8 Å². The van der Waals surface area contributed by atoms with Gasteiger partial charge in [0.1, 0.15) is 12.2 Å². The van der Waals surface area contributed by atoms with E-state index in [2.05, 4.69) is 33.3 Å². The van der Waals surface area contributed by atoms with Gasteiger partial charge in [0, 0.05) is 23.9 Å². The minimum atomic E-state index is 0.817. The summed E-state index contributed by atoms with van der Waals surface area (Å²) in [6.07, 6.45) is 10.4. The first kappa shape index (κ1) is 19.9. The van der Waals surface area contributed by atoms with E-state index >= 15 is 0 Å². The molecule has 6 rings (SSSR count). The molecule has 4 aromatic heterocycles. The molecule has 0 amide bonds. The van der Waals surface area contributed by atoms with Gasteiger partial charge in [-0.3, -0.25) is 4.98 Å². The van der Waals surface area contributed by atoms with Crippen molar-refractivity contribution in [2.24, 2.45) is 0 Å². The van der Waals surface area contributed by atoms with Crippen LogP contribution in [0.5, 0.6) is 0 Å². The largest absolute Gasteiger partial charge is 0.340 e. The summed E-state index contributed by atoms with van der Waals surface area (Å²) in [5.41, 5.74) is 9.97. The zero-order chi connectivity index (χ0) is 22.2. The Labute approximate surface area is 192 Å². The van der Waals surface area contributed by atoms with Gasteiger partial charge in [-0.25, -0.2) is 14.5 Å². The number of fused-ring (bicyclic) bond motifs is 2. The molecule has 4 heterocycles. The van der Waals surface area contributed by atoms with Crippen molar-refractivity contribution < 1.29 is 0 Å².